The lowest BCUT2D eigenvalue weighted by Crippen LogP contribution is -2.48. The Morgan fingerprint density at radius 1 is 1.50 bits per heavy atom. The van der Waals surface area contributed by atoms with Crippen LogP contribution in [0.2, 0.25) is 0 Å². The van der Waals surface area contributed by atoms with Crippen LogP contribution in [0.1, 0.15) is 12.8 Å². The van der Waals surface area contributed by atoms with Crippen LogP contribution in [0.3, 0.4) is 0 Å². The zero-order valence-electron chi connectivity index (χ0n) is 10.5. The van der Waals surface area contributed by atoms with Gasteiger partial charge < -0.3 is 14.7 Å². The van der Waals surface area contributed by atoms with Gasteiger partial charge in [0.2, 0.25) is 0 Å². The molecular weight excluding hydrogens is 248 g/mol. The molecule has 0 spiro atoms. The van der Waals surface area contributed by atoms with Gasteiger partial charge in [0, 0.05) is 13.1 Å². The Bertz CT molecular complexity index is 420. The Kier molecular flexibility index (Phi) is 3.21. The van der Waals surface area contributed by atoms with Gasteiger partial charge in [-0.25, -0.2) is 4.98 Å². The van der Waals surface area contributed by atoms with Crippen molar-refractivity contribution >= 4 is 17.4 Å². The largest absolute Gasteiger partial charge is 0.387 e. The summed E-state index contributed by atoms with van der Waals surface area (Å²) < 4.78 is 5.69. The van der Waals surface area contributed by atoms with Crippen LogP contribution >= 0.6 is 11.8 Å². The number of pyridine rings is 1. The summed E-state index contributed by atoms with van der Waals surface area (Å²) in [4.78, 5) is 6.64. The monoisotopic (exact) mass is 266 g/mol. The molecule has 1 aliphatic carbocycles. The van der Waals surface area contributed by atoms with Crippen LogP contribution in [0.4, 0.5) is 5.69 Å². The van der Waals surface area contributed by atoms with Gasteiger partial charge in [-0.05, 0) is 31.2 Å². The van der Waals surface area contributed by atoms with E-state index in [-0.39, 0.29) is 6.10 Å². The molecule has 1 saturated carbocycles. The number of hydrogen-bond acceptors (Lipinski definition) is 5. The van der Waals surface area contributed by atoms with E-state index in [9.17, 15) is 5.11 Å². The second kappa shape index (κ2) is 4.72. The van der Waals surface area contributed by atoms with E-state index in [0.717, 1.165) is 36.6 Å². The molecule has 5 heteroatoms. The van der Waals surface area contributed by atoms with Crippen molar-refractivity contribution in [2.45, 2.75) is 29.6 Å². The molecule has 0 amide bonds. The van der Waals surface area contributed by atoms with Crippen LogP contribution in [-0.4, -0.2) is 47.7 Å². The minimum absolute atomic E-state index is 0.0496. The number of aromatic nitrogens is 1. The minimum atomic E-state index is -0.564. The molecule has 1 aromatic rings. The first kappa shape index (κ1) is 12.3. The van der Waals surface area contributed by atoms with E-state index in [1.54, 1.807) is 11.8 Å². The normalized spacial score (nSPS) is 26.1. The third kappa shape index (κ3) is 2.35. The number of anilines is 1. The summed E-state index contributed by atoms with van der Waals surface area (Å²) in [5, 5.41) is 11.2. The number of nitrogens with zero attached hydrogens (tertiary/aromatic N) is 2. The van der Waals surface area contributed by atoms with Crippen molar-refractivity contribution in [1.82, 2.24) is 4.98 Å². The Morgan fingerprint density at radius 2 is 2.33 bits per heavy atom. The maximum Gasteiger partial charge on any atom is 0.104 e. The second-order valence-corrected chi connectivity index (χ2v) is 5.79. The van der Waals surface area contributed by atoms with Crippen LogP contribution in [-0.2, 0) is 4.74 Å². The quantitative estimate of drug-likeness (QED) is 0.841. The fourth-order valence-corrected chi connectivity index (χ4v) is 2.70. The number of morpholine rings is 1. The van der Waals surface area contributed by atoms with Gasteiger partial charge in [-0.15, -0.1) is 11.8 Å². The van der Waals surface area contributed by atoms with Gasteiger partial charge in [-0.3, -0.25) is 0 Å². The maximum atomic E-state index is 10.1. The highest BCUT2D eigenvalue weighted by Crippen LogP contribution is 2.41. The molecule has 1 N–H and O–H groups in total. The van der Waals surface area contributed by atoms with Gasteiger partial charge >= 0.3 is 0 Å². The van der Waals surface area contributed by atoms with Crippen LogP contribution in [0.15, 0.2) is 23.4 Å². The van der Waals surface area contributed by atoms with Gasteiger partial charge in [0.15, 0.2) is 0 Å². The summed E-state index contributed by atoms with van der Waals surface area (Å²) in [7, 11) is 0. The lowest BCUT2D eigenvalue weighted by Gasteiger charge is -2.36. The average Bonchev–Trinajstić information content (AvgIpc) is 3.18. The zero-order valence-corrected chi connectivity index (χ0v) is 11.3. The van der Waals surface area contributed by atoms with Gasteiger partial charge in [0.25, 0.3) is 0 Å². The highest BCUT2D eigenvalue weighted by molar-refractivity contribution is 7.98. The molecule has 2 aliphatic rings. The van der Waals surface area contributed by atoms with E-state index in [0.29, 0.717) is 6.61 Å². The van der Waals surface area contributed by atoms with Crippen molar-refractivity contribution in [2.75, 3.05) is 30.9 Å². The summed E-state index contributed by atoms with van der Waals surface area (Å²) in [6.45, 7) is 2.31. The Balaban J connectivity index is 1.71. The van der Waals surface area contributed by atoms with E-state index in [4.69, 9.17) is 4.74 Å². The number of aliphatic hydroxyl groups is 1. The van der Waals surface area contributed by atoms with E-state index in [1.165, 1.54) is 0 Å². The molecule has 1 aliphatic heterocycles. The number of ether oxygens (including phenoxy) is 1. The molecule has 1 atom stereocenters. The lowest BCUT2D eigenvalue weighted by atomic mass is 10.1. The second-order valence-electron chi connectivity index (χ2n) is 4.97. The molecule has 98 valence electrons. The first-order valence-corrected chi connectivity index (χ1v) is 7.53. The molecule has 2 fully saturated rings. The molecule has 18 heavy (non-hydrogen) atoms. The zero-order chi connectivity index (χ0) is 12.6. The molecule has 2 heterocycles. The van der Waals surface area contributed by atoms with E-state index in [2.05, 4.69) is 16.0 Å². The molecule has 0 bridgehead atoms. The van der Waals surface area contributed by atoms with Crippen molar-refractivity contribution < 1.29 is 9.84 Å². The van der Waals surface area contributed by atoms with Gasteiger partial charge in [-0.2, -0.15) is 0 Å². The standard InChI is InChI=1S/C13H18N2O2S/c1-18-12-3-2-10(8-14-12)15-6-7-17-11(9-15)13(16)4-5-13/h2-3,8,11,16H,4-7,9H2,1H3. The van der Waals surface area contributed by atoms with Gasteiger partial charge in [-0.1, -0.05) is 0 Å². The lowest BCUT2D eigenvalue weighted by molar-refractivity contribution is -0.0586. The number of hydrogen-bond donors (Lipinski definition) is 1. The summed E-state index contributed by atoms with van der Waals surface area (Å²) in [5.74, 6) is 0. The first-order valence-electron chi connectivity index (χ1n) is 6.30. The Labute approximate surface area is 111 Å². The fraction of sp³-hybridized carbons (Fsp3) is 0.615. The van der Waals surface area contributed by atoms with Crippen LogP contribution < -0.4 is 4.90 Å². The average molecular weight is 266 g/mol. The van der Waals surface area contributed by atoms with Crippen molar-refractivity contribution in [3.05, 3.63) is 18.3 Å². The first-order chi connectivity index (χ1) is 8.71. The summed E-state index contributed by atoms with van der Waals surface area (Å²) in [6, 6.07) is 4.13. The van der Waals surface area contributed by atoms with Gasteiger partial charge in [0.1, 0.15) is 6.10 Å². The van der Waals surface area contributed by atoms with Crippen LogP contribution in [0, 0.1) is 0 Å². The topological polar surface area (TPSA) is 45.6 Å². The predicted molar refractivity (Wildman–Crippen MR) is 72.2 cm³/mol. The molecule has 4 nitrogen and oxygen atoms in total. The summed E-state index contributed by atoms with van der Waals surface area (Å²) in [6.07, 6.45) is 5.62. The minimum Gasteiger partial charge on any atom is -0.387 e. The smallest absolute Gasteiger partial charge is 0.104 e. The van der Waals surface area contributed by atoms with Crippen molar-refractivity contribution in [3.63, 3.8) is 0 Å². The highest BCUT2D eigenvalue weighted by Gasteiger charge is 2.50. The summed E-state index contributed by atoms with van der Waals surface area (Å²) in [5.41, 5.74) is 0.552. The maximum absolute atomic E-state index is 10.1. The van der Waals surface area contributed by atoms with Crippen molar-refractivity contribution in [1.29, 1.82) is 0 Å². The third-order valence-corrected chi connectivity index (χ3v) is 4.38. The fourth-order valence-electron chi connectivity index (χ4n) is 2.34. The molecule has 1 unspecified atom stereocenters. The molecular formula is C13H18N2O2S. The van der Waals surface area contributed by atoms with E-state index < -0.39 is 5.60 Å². The van der Waals surface area contributed by atoms with Gasteiger partial charge in [0.05, 0.1) is 29.1 Å². The molecule has 0 aromatic carbocycles. The van der Waals surface area contributed by atoms with E-state index in [1.807, 2.05) is 18.5 Å². The number of thioether (sulfide) groups is 1. The van der Waals surface area contributed by atoms with Crippen molar-refractivity contribution in [2.24, 2.45) is 0 Å². The van der Waals surface area contributed by atoms with Crippen LogP contribution in [0.25, 0.3) is 0 Å². The van der Waals surface area contributed by atoms with Crippen molar-refractivity contribution in [3.8, 4) is 0 Å². The Morgan fingerprint density at radius 3 is 2.94 bits per heavy atom. The molecule has 3 rings (SSSR count). The highest BCUT2D eigenvalue weighted by atomic mass is 32.2. The van der Waals surface area contributed by atoms with Crippen LogP contribution in [0.5, 0.6) is 0 Å². The molecule has 0 radical (unpaired) electrons. The third-order valence-electron chi connectivity index (χ3n) is 3.72. The Hall–Kier alpha value is -0.780. The molecule has 1 aromatic heterocycles. The summed E-state index contributed by atoms with van der Waals surface area (Å²) >= 11 is 1.64. The SMILES string of the molecule is CSc1ccc(N2CCOC(C3(O)CC3)C2)cn1. The number of rotatable bonds is 3. The predicted octanol–water partition coefficient (Wildman–Crippen LogP) is 1.53. The molecule has 1 saturated heterocycles. The van der Waals surface area contributed by atoms with E-state index >= 15 is 0 Å².